The Morgan fingerprint density at radius 1 is 0.962 bits per heavy atom. The number of halogens is 1. The van der Waals surface area contributed by atoms with E-state index in [0.29, 0.717) is 12.2 Å². The molecule has 0 amide bonds. The van der Waals surface area contributed by atoms with Crippen LogP contribution in [0.15, 0.2) is 42.5 Å². The second-order valence-corrected chi connectivity index (χ2v) is 6.43. The summed E-state index contributed by atoms with van der Waals surface area (Å²) in [6.45, 7) is 4.17. The molecule has 0 saturated carbocycles. The summed E-state index contributed by atoms with van der Waals surface area (Å²) in [5.41, 5.74) is 1.97. The van der Waals surface area contributed by atoms with Gasteiger partial charge in [0.1, 0.15) is 5.82 Å². The van der Waals surface area contributed by atoms with Crippen LogP contribution in [0.25, 0.3) is 11.1 Å². The highest BCUT2D eigenvalue weighted by Crippen LogP contribution is 2.27. The molecule has 4 heteroatoms. The Kier molecular flexibility index (Phi) is 8.29. The van der Waals surface area contributed by atoms with E-state index < -0.39 is 11.8 Å². The van der Waals surface area contributed by atoms with Gasteiger partial charge in [-0.1, -0.05) is 75.4 Å². The summed E-state index contributed by atoms with van der Waals surface area (Å²) in [6, 6.07) is 12.7. The average Bonchev–Trinajstić information content (AvgIpc) is 2.66. The van der Waals surface area contributed by atoms with Crippen LogP contribution in [0.5, 0.6) is 0 Å². The molecule has 0 fully saturated rings. The number of benzene rings is 2. The molecule has 0 unspecified atom stereocenters. The first-order valence-electron chi connectivity index (χ1n) is 9.33. The van der Waals surface area contributed by atoms with Crippen molar-refractivity contribution in [2.24, 2.45) is 0 Å². The molecule has 2 aromatic carbocycles. The lowest BCUT2D eigenvalue weighted by Crippen LogP contribution is -2.10. The van der Waals surface area contributed by atoms with Crippen LogP contribution in [-0.4, -0.2) is 12.6 Å². The number of rotatable bonds is 10. The predicted molar refractivity (Wildman–Crippen MR) is 101 cm³/mol. The van der Waals surface area contributed by atoms with E-state index in [-0.39, 0.29) is 5.56 Å². The average molecular weight is 358 g/mol. The van der Waals surface area contributed by atoms with Crippen molar-refractivity contribution >= 4 is 5.97 Å². The molecular formula is C22H27FO3. The molecule has 0 heterocycles. The van der Waals surface area contributed by atoms with E-state index in [1.807, 2.05) is 30.3 Å². The quantitative estimate of drug-likeness (QED) is 0.286. The molecular weight excluding hydrogens is 331 g/mol. The first-order chi connectivity index (χ1) is 12.6. The normalized spacial score (nSPS) is 10.7. The Labute approximate surface area is 155 Å². The van der Waals surface area contributed by atoms with Gasteiger partial charge in [-0.05, 0) is 36.1 Å². The summed E-state index contributed by atoms with van der Waals surface area (Å²) < 4.78 is 14.6. The topological polar surface area (TPSA) is 35.5 Å². The predicted octanol–water partition coefficient (Wildman–Crippen LogP) is 6.25. The molecule has 0 aliphatic carbocycles. The minimum absolute atomic E-state index is 0.106. The molecule has 2 rings (SSSR count). The van der Waals surface area contributed by atoms with E-state index in [1.165, 1.54) is 25.3 Å². The van der Waals surface area contributed by atoms with Gasteiger partial charge >= 0.3 is 5.97 Å². The molecule has 0 radical (unpaired) electrons. The first-order valence-corrected chi connectivity index (χ1v) is 9.33. The smallest absolute Gasteiger partial charge is 0.293 e. The summed E-state index contributed by atoms with van der Waals surface area (Å²) in [5.74, 6) is -1.37. The number of hydrogen-bond acceptors (Lipinski definition) is 3. The van der Waals surface area contributed by atoms with E-state index in [4.69, 9.17) is 9.78 Å². The third-order valence-electron chi connectivity index (χ3n) is 4.41. The van der Waals surface area contributed by atoms with E-state index in [1.54, 1.807) is 13.0 Å². The Bertz CT molecular complexity index is 698. The summed E-state index contributed by atoms with van der Waals surface area (Å²) >= 11 is 0. The van der Waals surface area contributed by atoms with Crippen LogP contribution in [0.2, 0.25) is 0 Å². The second-order valence-electron chi connectivity index (χ2n) is 6.43. The zero-order chi connectivity index (χ0) is 18.8. The maximum atomic E-state index is 14.6. The fraction of sp³-hybridized carbons (Fsp3) is 0.409. The molecule has 0 aliphatic heterocycles. The maximum Gasteiger partial charge on any atom is 0.376 e. The van der Waals surface area contributed by atoms with Gasteiger partial charge in [-0.25, -0.2) is 9.18 Å². The van der Waals surface area contributed by atoms with E-state index in [2.05, 4.69) is 6.92 Å². The van der Waals surface area contributed by atoms with Crippen LogP contribution in [0.3, 0.4) is 0 Å². The van der Waals surface area contributed by atoms with Crippen LogP contribution in [0, 0.1) is 12.7 Å². The van der Waals surface area contributed by atoms with Gasteiger partial charge in [0.15, 0.2) is 0 Å². The van der Waals surface area contributed by atoms with Crippen molar-refractivity contribution < 1.29 is 19.0 Å². The monoisotopic (exact) mass is 358 g/mol. The van der Waals surface area contributed by atoms with Crippen molar-refractivity contribution in [2.75, 3.05) is 6.61 Å². The van der Waals surface area contributed by atoms with E-state index in [9.17, 15) is 9.18 Å². The molecule has 26 heavy (non-hydrogen) atoms. The number of hydrogen-bond donors (Lipinski definition) is 0. The van der Waals surface area contributed by atoms with Crippen molar-refractivity contribution in [1.82, 2.24) is 0 Å². The van der Waals surface area contributed by atoms with Gasteiger partial charge in [-0.2, -0.15) is 4.89 Å². The molecule has 0 N–H and O–H groups in total. The summed E-state index contributed by atoms with van der Waals surface area (Å²) in [6.07, 6.45) is 6.69. The van der Waals surface area contributed by atoms with Gasteiger partial charge in [0.2, 0.25) is 0 Å². The van der Waals surface area contributed by atoms with Crippen LogP contribution in [-0.2, 0) is 9.78 Å². The van der Waals surface area contributed by atoms with Crippen molar-refractivity contribution in [1.29, 1.82) is 0 Å². The summed E-state index contributed by atoms with van der Waals surface area (Å²) in [7, 11) is 0. The fourth-order valence-electron chi connectivity index (χ4n) is 2.85. The molecule has 0 aromatic heterocycles. The Hall–Kier alpha value is -2.20. The number of carbonyl (C=O) groups is 1. The Morgan fingerprint density at radius 3 is 2.38 bits per heavy atom. The first kappa shape index (κ1) is 20.1. The minimum Gasteiger partial charge on any atom is -0.293 e. The maximum absolute atomic E-state index is 14.6. The fourth-order valence-corrected chi connectivity index (χ4v) is 2.85. The highest BCUT2D eigenvalue weighted by Gasteiger charge is 2.18. The number of carbonyl (C=O) groups excluding carboxylic acids is 1. The third kappa shape index (κ3) is 5.67. The number of unbranched alkanes of at least 4 members (excludes halogenated alkanes) is 5. The van der Waals surface area contributed by atoms with Gasteiger partial charge < -0.3 is 0 Å². The van der Waals surface area contributed by atoms with Gasteiger partial charge in [0, 0.05) is 0 Å². The molecule has 2 aromatic rings. The Balaban J connectivity index is 1.87. The van der Waals surface area contributed by atoms with Gasteiger partial charge in [0.25, 0.3) is 0 Å². The third-order valence-corrected chi connectivity index (χ3v) is 4.41. The summed E-state index contributed by atoms with van der Waals surface area (Å²) in [4.78, 5) is 21.8. The zero-order valence-electron chi connectivity index (χ0n) is 15.6. The van der Waals surface area contributed by atoms with Crippen LogP contribution < -0.4 is 0 Å². The molecule has 0 aliphatic rings. The standard InChI is InChI=1S/C22H27FO3/c1-3-4-5-6-7-11-16-25-26-22(24)20-15-14-19(17(2)21(20)23)18-12-9-8-10-13-18/h8-10,12-15H,3-7,11,16H2,1-2H3. The van der Waals surface area contributed by atoms with Gasteiger partial charge in [-0.15, -0.1) is 0 Å². The van der Waals surface area contributed by atoms with Crippen LogP contribution in [0.1, 0.15) is 61.4 Å². The van der Waals surface area contributed by atoms with Crippen molar-refractivity contribution in [2.45, 2.75) is 52.4 Å². The molecule has 0 spiro atoms. The molecule has 0 bridgehead atoms. The largest absolute Gasteiger partial charge is 0.376 e. The molecule has 140 valence electrons. The molecule has 3 nitrogen and oxygen atoms in total. The van der Waals surface area contributed by atoms with E-state index >= 15 is 0 Å². The highest BCUT2D eigenvalue weighted by molar-refractivity contribution is 5.90. The van der Waals surface area contributed by atoms with Crippen molar-refractivity contribution in [3.8, 4) is 11.1 Å². The lowest BCUT2D eigenvalue weighted by Gasteiger charge is -2.10. The SMILES string of the molecule is CCCCCCCCOOC(=O)c1ccc(-c2ccccc2)c(C)c1F. The van der Waals surface area contributed by atoms with Crippen molar-refractivity contribution in [3.63, 3.8) is 0 Å². The lowest BCUT2D eigenvalue weighted by atomic mass is 9.98. The highest BCUT2D eigenvalue weighted by atomic mass is 19.1. The second kappa shape index (κ2) is 10.7. The van der Waals surface area contributed by atoms with Crippen molar-refractivity contribution in [3.05, 3.63) is 59.4 Å². The summed E-state index contributed by atoms with van der Waals surface area (Å²) in [5, 5.41) is 0. The Morgan fingerprint density at radius 2 is 1.65 bits per heavy atom. The molecule has 0 atom stereocenters. The van der Waals surface area contributed by atoms with Crippen LogP contribution >= 0.6 is 0 Å². The zero-order valence-corrected chi connectivity index (χ0v) is 15.6. The van der Waals surface area contributed by atoms with Gasteiger partial charge in [-0.3, -0.25) is 4.89 Å². The molecule has 0 saturated heterocycles. The van der Waals surface area contributed by atoms with Gasteiger partial charge in [0.05, 0.1) is 12.2 Å². The van der Waals surface area contributed by atoms with Crippen LogP contribution in [0.4, 0.5) is 4.39 Å². The minimum atomic E-state index is -0.795. The lowest BCUT2D eigenvalue weighted by molar-refractivity contribution is -0.241. The van der Waals surface area contributed by atoms with E-state index in [0.717, 1.165) is 30.4 Å².